The van der Waals surface area contributed by atoms with E-state index in [1.54, 1.807) is 54.6 Å². The van der Waals surface area contributed by atoms with Gasteiger partial charge in [-0.05, 0) is 24.3 Å². The first-order valence-electron chi connectivity index (χ1n) is 6.28. The van der Waals surface area contributed by atoms with Gasteiger partial charge in [0, 0.05) is 5.56 Å². The molecular formula is C15H15N3O3. The number of benzene rings is 2. The lowest BCUT2D eigenvalue weighted by atomic mass is 10.2. The van der Waals surface area contributed by atoms with E-state index in [-0.39, 0.29) is 0 Å². The van der Waals surface area contributed by atoms with E-state index in [9.17, 15) is 9.59 Å². The summed E-state index contributed by atoms with van der Waals surface area (Å²) in [5.74, 6) is -1.15. The molecular weight excluding hydrogens is 270 g/mol. The number of nitrogen functional groups attached to an aromatic ring is 1. The molecule has 21 heavy (non-hydrogen) atoms. The fourth-order valence-electron chi connectivity index (χ4n) is 1.78. The van der Waals surface area contributed by atoms with Gasteiger partial charge in [0.25, 0.3) is 11.8 Å². The summed E-state index contributed by atoms with van der Waals surface area (Å²) in [6.45, 7) is -0.731. The molecule has 0 aliphatic rings. The standard InChI is InChI=1S/C15H15N3O3/c16-12-8-4-5-9-13(12)18(17-14(20)10-19)15(21)11-6-2-1-3-7-11/h1-9,19H,10,16H2,(H,17,20). The summed E-state index contributed by atoms with van der Waals surface area (Å²) < 4.78 is 0. The molecule has 0 atom stereocenters. The van der Waals surface area contributed by atoms with Gasteiger partial charge in [0.1, 0.15) is 6.61 Å². The molecule has 0 bridgehead atoms. The van der Waals surface area contributed by atoms with Crippen LogP contribution in [0.15, 0.2) is 54.6 Å². The highest BCUT2D eigenvalue weighted by Gasteiger charge is 2.21. The van der Waals surface area contributed by atoms with Crippen LogP contribution in [0.5, 0.6) is 0 Å². The van der Waals surface area contributed by atoms with E-state index in [1.807, 2.05) is 0 Å². The number of nitrogens with zero attached hydrogens (tertiary/aromatic N) is 1. The van der Waals surface area contributed by atoms with Gasteiger partial charge in [0.05, 0.1) is 11.4 Å². The van der Waals surface area contributed by atoms with Crippen LogP contribution in [-0.4, -0.2) is 23.5 Å². The summed E-state index contributed by atoms with van der Waals surface area (Å²) in [5.41, 5.74) is 9.25. The van der Waals surface area contributed by atoms with Crippen LogP contribution in [0.25, 0.3) is 0 Å². The Morgan fingerprint density at radius 3 is 2.29 bits per heavy atom. The second kappa shape index (κ2) is 6.53. The van der Waals surface area contributed by atoms with Gasteiger partial charge < -0.3 is 10.8 Å². The number of carbonyl (C=O) groups is 2. The Hall–Kier alpha value is -2.86. The molecule has 0 radical (unpaired) electrons. The molecule has 0 unspecified atom stereocenters. The lowest BCUT2D eigenvalue weighted by Gasteiger charge is -2.24. The number of anilines is 2. The fourth-order valence-corrected chi connectivity index (χ4v) is 1.78. The largest absolute Gasteiger partial charge is 0.397 e. The molecule has 0 aliphatic carbocycles. The number of rotatable bonds is 3. The second-order valence-electron chi connectivity index (χ2n) is 4.26. The number of carbonyl (C=O) groups excluding carboxylic acids is 2. The Morgan fingerprint density at radius 1 is 1.05 bits per heavy atom. The quantitative estimate of drug-likeness (QED) is 0.577. The van der Waals surface area contributed by atoms with Gasteiger partial charge in [0.15, 0.2) is 0 Å². The summed E-state index contributed by atoms with van der Waals surface area (Å²) in [6.07, 6.45) is 0. The zero-order valence-electron chi connectivity index (χ0n) is 11.2. The lowest BCUT2D eigenvalue weighted by Crippen LogP contribution is -2.47. The molecule has 0 heterocycles. The summed E-state index contributed by atoms with van der Waals surface area (Å²) in [5, 5.41) is 9.90. The first kappa shape index (κ1) is 14.5. The van der Waals surface area contributed by atoms with Crippen molar-refractivity contribution in [2.45, 2.75) is 0 Å². The Bertz CT molecular complexity index is 644. The van der Waals surface area contributed by atoms with E-state index < -0.39 is 18.4 Å². The molecule has 4 N–H and O–H groups in total. The van der Waals surface area contributed by atoms with Gasteiger partial charge in [-0.25, -0.2) is 5.01 Å². The Balaban J connectivity index is 2.39. The van der Waals surface area contributed by atoms with Crippen molar-refractivity contribution >= 4 is 23.2 Å². The number of hydrogen-bond acceptors (Lipinski definition) is 4. The molecule has 0 spiro atoms. The van der Waals surface area contributed by atoms with Crippen LogP contribution in [0, 0.1) is 0 Å². The van der Waals surface area contributed by atoms with Crippen LogP contribution in [-0.2, 0) is 4.79 Å². The number of aliphatic hydroxyl groups is 1. The average Bonchev–Trinajstić information content (AvgIpc) is 2.53. The maximum Gasteiger partial charge on any atom is 0.277 e. The number of nitrogens with one attached hydrogen (secondary N) is 1. The van der Waals surface area contributed by atoms with Crippen LogP contribution in [0.4, 0.5) is 11.4 Å². The SMILES string of the molecule is Nc1ccccc1N(NC(=O)CO)C(=O)c1ccccc1. The molecule has 0 saturated carbocycles. The van der Waals surface area contributed by atoms with Crippen molar-refractivity contribution in [3.8, 4) is 0 Å². The number of amides is 2. The van der Waals surface area contributed by atoms with Crippen molar-refractivity contribution in [1.82, 2.24) is 5.43 Å². The number of hydrazine groups is 1. The highest BCUT2D eigenvalue weighted by atomic mass is 16.3. The Labute approximate surface area is 121 Å². The van der Waals surface area contributed by atoms with Gasteiger partial charge >= 0.3 is 0 Å². The molecule has 6 heteroatoms. The van der Waals surface area contributed by atoms with E-state index in [1.165, 1.54) is 0 Å². The summed E-state index contributed by atoms with van der Waals surface area (Å²) in [4.78, 5) is 24.0. The van der Waals surface area contributed by atoms with Gasteiger partial charge in [-0.2, -0.15) is 0 Å². The zero-order chi connectivity index (χ0) is 15.2. The van der Waals surface area contributed by atoms with Crippen LogP contribution in [0.3, 0.4) is 0 Å². The molecule has 2 aromatic carbocycles. The van der Waals surface area contributed by atoms with E-state index in [0.29, 0.717) is 16.9 Å². The number of aliphatic hydroxyl groups excluding tert-OH is 1. The smallest absolute Gasteiger partial charge is 0.277 e. The van der Waals surface area contributed by atoms with Gasteiger partial charge in [-0.15, -0.1) is 0 Å². The second-order valence-corrected chi connectivity index (χ2v) is 4.26. The molecule has 0 aliphatic heterocycles. The molecule has 0 fully saturated rings. The third-order valence-electron chi connectivity index (χ3n) is 2.78. The van der Waals surface area contributed by atoms with Crippen LogP contribution in [0.1, 0.15) is 10.4 Å². The predicted molar refractivity (Wildman–Crippen MR) is 79.3 cm³/mol. The van der Waals surface area contributed by atoms with E-state index in [2.05, 4.69) is 5.43 Å². The van der Waals surface area contributed by atoms with Gasteiger partial charge in [0.2, 0.25) is 0 Å². The monoisotopic (exact) mass is 285 g/mol. The van der Waals surface area contributed by atoms with Crippen LogP contribution in [0.2, 0.25) is 0 Å². The molecule has 0 saturated heterocycles. The van der Waals surface area contributed by atoms with E-state index in [0.717, 1.165) is 5.01 Å². The van der Waals surface area contributed by atoms with Crippen molar-refractivity contribution in [3.05, 3.63) is 60.2 Å². The molecule has 2 aromatic rings. The van der Waals surface area contributed by atoms with Gasteiger partial charge in [-0.1, -0.05) is 30.3 Å². The maximum absolute atomic E-state index is 12.5. The van der Waals surface area contributed by atoms with Crippen LogP contribution >= 0.6 is 0 Å². The Kier molecular flexibility index (Phi) is 4.53. The number of para-hydroxylation sites is 2. The molecule has 0 aromatic heterocycles. The topological polar surface area (TPSA) is 95.7 Å². The number of nitrogens with two attached hydrogens (primary N) is 1. The van der Waals surface area contributed by atoms with E-state index in [4.69, 9.17) is 10.8 Å². The highest BCUT2D eigenvalue weighted by molar-refractivity contribution is 6.08. The highest BCUT2D eigenvalue weighted by Crippen LogP contribution is 2.22. The number of hydrogen-bond donors (Lipinski definition) is 3. The lowest BCUT2D eigenvalue weighted by molar-refractivity contribution is -0.123. The van der Waals surface area contributed by atoms with Crippen LogP contribution < -0.4 is 16.2 Å². The van der Waals surface area contributed by atoms with Crippen molar-refractivity contribution in [2.75, 3.05) is 17.3 Å². The summed E-state index contributed by atoms with van der Waals surface area (Å²) in [6, 6.07) is 15.1. The normalized spacial score (nSPS) is 9.95. The first-order chi connectivity index (χ1) is 10.1. The average molecular weight is 285 g/mol. The van der Waals surface area contributed by atoms with Crippen molar-refractivity contribution in [3.63, 3.8) is 0 Å². The van der Waals surface area contributed by atoms with Crippen molar-refractivity contribution in [1.29, 1.82) is 0 Å². The Morgan fingerprint density at radius 2 is 1.67 bits per heavy atom. The minimum atomic E-state index is -0.731. The summed E-state index contributed by atoms with van der Waals surface area (Å²) >= 11 is 0. The molecule has 2 amide bonds. The van der Waals surface area contributed by atoms with Crippen molar-refractivity contribution < 1.29 is 14.7 Å². The zero-order valence-corrected chi connectivity index (χ0v) is 11.2. The predicted octanol–water partition coefficient (Wildman–Crippen LogP) is 0.939. The minimum Gasteiger partial charge on any atom is -0.397 e. The minimum absolute atomic E-state index is 0.333. The van der Waals surface area contributed by atoms with Crippen molar-refractivity contribution in [2.24, 2.45) is 0 Å². The summed E-state index contributed by atoms with van der Waals surface area (Å²) in [7, 11) is 0. The molecule has 2 rings (SSSR count). The first-order valence-corrected chi connectivity index (χ1v) is 6.28. The molecule has 108 valence electrons. The van der Waals surface area contributed by atoms with Gasteiger partial charge in [-0.3, -0.25) is 15.0 Å². The third-order valence-corrected chi connectivity index (χ3v) is 2.78. The molecule has 6 nitrogen and oxygen atoms in total. The maximum atomic E-state index is 12.5. The third kappa shape index (κ3) is 3.37. The van der Waals surface area contributed by atoms with E-state index >= 15 is 0 Å². The fraction of sp³-hybridized carbons (Fsp3) is 0.0667.